The number of benzene rings is 4. The monoisotopic (exact) mass is 664 g/mol. The molecule has 0 aromatic heterocycles. The molecule has 0 radical (unpaired) electrons. The molecular weight excluding hydrogens is 604 g/mol. The molecule has 0 aliphatic rings. The third-order valence-electron chi connectivity index (χ3n) is 9.84. The van der Waals surface area contributed by atoms with Gasteiger partial charge in [0.25, 0.3) is 0 Å². The fourth-order valence-electron chi connectivity index (χ4n) is 6.54. The molecule has 0 saturated carbocycles. The van der Waals surface area contributed by atoms with Gasteiger partial charge in [-0.2, -0.15) is 0 Å². The number of hydrogen-bond acceptors (Lipinski definition) is 4. The zero-order valence-corrected chi connectivity index (χ0v) is 32.0. The molecule has 4 aromatic rings. The van der Waals surface area contributed by atoms with Crippen molar-refractivity contribution in [1.82, 2.24) is 0 Å². The van der Waals surface area contributed by atoms with Gasteiger partial charge in [0.05, 0.1) is 25.2 Å². The fraction of sp³-hybridized carbons (Fsp3) is 0.467. The molecule has 4 rings (SSSR count). The van der Waals surface area contributed by atoms with E-state index in [0.29, 0.717) is 5.75 Å². The summed E-state index contributed by atoms with van der Waals surface area (Å²) in [6.45, 7) is 25.3. The average molecular weight is 665 g/mol. The number of aliphatic hydroxyl groups excluding tert-OH is 3. The van der Waals surface area contributed by atoms with E-state index >= 15 is 0 Å². The highest BCUT2D eigenvalue weighted by Gasteiger charge is 2.43. The molecule has 1 atom stereocenters. The van der Waals surface area contributed by atoms with Gasteiger partial charge in [-0.3, -0.25) is 0 Å². The SMILES string of the molecule is CC(C)(C)c1ccc(-c2ccccc2OC(c2ccccc2-c2ccc(C(C)(C)C)cc2C(C)(C)C)C(CO)(CO)CO)c(C(C)(C)C)c1. The Morgan fingerprint density at radius 1 is 0.469 bits per heavy atom. The first-order valence-corrected chi connectivity index (χ1v) is 17.7. The predicted molar refractivity (Wildman–Crippen MR) is 206 cm³/mol. The van der Waals surface area contributed by atoms with E-state index in [9.17, 15) is 15.3 Å². The second-order valence-electron chi connectivity index (χ2n) is 17.9. The number of hydrogen-bond donors (Lipinski definition) is 3. The van der Waals surface area contributed by atoms with Crippen LogP contribution in [0.1, 0.15) is 117 Å². The van der Waals surface area contributed by atoms with Gasteiger partial charge in [0.15, 0.2) is 0 Å². The molecule has 4 aromatic carbocycles. The maximum absolute atomic E-state index is 10.9. The van der Waals surface area contributed by atoms with Crippen molar-refractivity contribution < 1.29 is 20.1 Å². The van der Waals surface area contributed by atoms with Crippen LogP contribution >= 0.6 is 0 Å². The summed E-state index contributed by atoms with van der Waals surface area (Å²) < 4.78 is 7.08. The van der Waals surface area contributed by atoms with Crippen molar-refractivity contribution in [3.8, 4) is 28.0 Å². The van der Waals surface area contributed by atoms with Crippen LogP contribution in [0.5, 0.6) is 5.75 Å². The minimum atomic E-state index is -1.38. The average Bonchev–Trinajstić information content (AvgIpc) is 3.03. The molecule has 4 nitrogen and oxygen atoms in total. The highest BCUT2D eigenvalue weighted by atomic mass is 16.5. The Morgan fingerprint density at radius 3 is 1.31 bits per heavy atom. The zero-order chi connectivity index (χ0) is 36.6. The van der Waals surface area contributed by atoms with Gasteiger partial charge in [-0.25, -0.2) is 0 Å². The van der Waals surface area contributed by atoms with Crippen molar-refractivity contribution in [3.05, 3.63) is 113 Å². The van der Waals surface area contributed by atoms with Gasteiger partial charge in [0, 0.05) is 11.1 Å². The molecule has 0 saturated heterocycles. The summed E-state index contributed by atoms with van der Waals surface area (Å²) in [6.07, 6.45) is -0.883. The molecule has 0 amide bonds. The lowest BCUT2D eigenvalue weighted by Gasteiger charge is -2.38. The smallest absolute Gasteiger partial charge is 0.137 e. The summed E-state index contributed by atoms with van der Waals surface area (Å²) in [5, 5.41) is 32.7. The Balaban J connectivity index is 2.00. The molecule has 0 aliphatic heterocycles. The van der Waals surface area contributed by atoms with E-state index in [1.54, 1.807) is 0 Å². The van der Waals surface area contributed by atoms with Crippen molar-refractivity contribution in [1.29, 1.82) is 0 Å². The van der Waals surface area contributed by atoms with Crippen LogP contribution in [0.15, 0.2) is 84.9 Å². The maximum Gasteiger partial charge on any atom is 0.137 e. The molecule has 0 heterocycles. The number of aliphatic hydroxyl groups is 3. The first-order chi connectivity index (χ1) is 22.7. The van der Waals surface area contributed by atoms with E-state index in [2.05, 4.69) is 132 Å². The van der Waals surface area contributed by atoms with E-state index in [-0.39, 0.29) is 21.7 Å². The van der Waals surface area contributed by atoms with Crippen LogP contribution in [0.3, 0.4) is 0 Å². The van der Waals surface area contributed by atoms with Crippen LogP contribution in [0, 0.1) is 5.41 Å². The number of ether oxygens (including phenoxy) is 1. The molecule has 264 valence electrons. The minimum absolute atomic E-state index is 0.0106. The van der Waals surface area contributed by atoms with Crippen molar-refractivity contribution in [2.45, 2.75) is 111 Å². The summed E-state index contributed by atoms with van der Waals surface area (Å²) in [5.41, 5.74) is 7.98. The van der Waals surface area contributed by atoms with E-state index < -0.39 is 31.3 Å². The summed E-state index contributed by atoms with van der Waals surface area (Å²) in [6, 6.07) is 29.4. The molecule has 3 N–H and O–H groups in total. The van der Waals surface area contributed by atoms with Crippen LogP contribution in [-0.2, 0) is 21.7 Å². The Kier molecular flexibility index (Phi) is 11.0. The van der Waals surface area contributed by atoms with E-state index in [4.69, 9.17) is 4.74 Å². The van der Waals surface area contributed by atoms with E-state index in [1.807, 2.05) is 36.4 Å². The van der Waals surface area contributed by atoms with Gasteiger partial charge in [0.2, 0.25) is 0 Å². The highest BCUT2D eigenvalue weighted by molar-refractivity contribution is 5.76. The Hall–Kier alpha value is -3.44. The molecule has 0 bridgehead atoms. The molecule has 4 heteroatoms. The first-order valence-electron chi connectivity index (χ1n) is 17.7. The van der Waals surface area contributed by atoms with Crippen LogP contribution in [0.2, 0.25) is 0 Å². The van der Waals surface area contributed by atoms with Crippen LogP contribution in [0.4, 0.5) is 0 Å². The van der Waals surface area contributed by atoms with Gasteiger partial charge in [-0.15, -0.1) is 0 Å². The normalized spacial score (nSPS) is 13.8. The summed E-state index contributed by atoms with van der Waals surface area (Å²) in [5.74, 6) is 0.621. The highest BCUT2D eigenvalue weighted by Crippen LogP contribution is 2.47. The summed E-state index contributed by atoms with van der Waals surface area (Å²) in [4.78, 5) is 0. The molecule has 1 unspecified atom stereocenters. The Morgan fingerprint density at radius 2 is 0.878 bits per heavy atom. The largest absolute Gasteiger partial charge is 0.484 e. The van der Waals surface area contributed by atoms with Crippen molar-refractivity contribution >= 4 is 0 Å². The predicted octanol–water partition coefficient (Wildman–Crippen LogP) is 10.3. The van der Waals surface area contributed by atoms with Crippen molar-refractivity contribution in [3.63, 3.8) is 0 Å². The standard InChI is InChI=1S/C45H60O4/c1-41(2,3)30-21-23-33(37(25-30)43(7,8)9)32-17-13-14-19-36(32)40(45(27-46,28-47)29-48)49-39-20-16-15-18-35(39)34-24-22-31(42(4,5)6)26-38(34)44(10,11)12/h13-26,40,46-48H,27-29H2,1-12H3. The van der Waals surface area contributed by atoms with E-state index in [1.165, 1.54) is 22.3 Å². The Bertz CT molecular complexity index is 1730. The van der Waals surface area contributed by atoms with Crippen LogP contribution < -0.4 is 4.74 Å². The lowest BCUT2D eigenvalue weighted by molar-refractivity contribution is -0.0738. The van der Waals surface area contributed by atoms with Gasteiger partial charge in [0.1, 0.15) is 11.9 Å². The summed E-state index contributed by atoms with van der Waals surface area (Å²) in [7, 11) is 0. The molecular formula is C45H60O4. The van der Waals surface area contributed by atoms with Crippen molar-refractivity contribution in [2.24, 2.45) is 5.41 Å². The maximum atomic E-state index is 10.9. The number of rotatable bonds is 9. The lowest BCUT2D eigenvalue weighted by Crippen LogP contribution is -2.43. The van der Waals surface area contributed by atoms with E-state index in [0.717, 1.165) is 27.8 Å². The molecule has 0 spiro atoms. The van der Waals surface area contributed by atoms with Crippen LogP contribution in [0.25, 0.3) is 22.3 Å². The fourth-order valence-corrected chi connectivity index (χ4v) is 6.54. The Labute approximate surface area is 296 Å². The number of para-hydroxylation sites is 1. The quantitative estimate of drug-likeness (QED) is 0.167. The third kappa shape index (κ3) is 8.14. The molecule has 0 aliphatic carbocycles. The second-order valence-corrected chi connectivity index (χ2v) is 17.9. The zero-order valence-electron chi connectivity index (χ0n) is 32.0. The minimum Gasteiger partial charge on any atom is -0.484 e. The lowest BCUT2D eigenvalue weighted by atomic mass is 9.74. The van der Waals surface area contributed by atoms with Gasteiger partial charge < -0.3 is 20.1 Å². The van der Waals surface area contributed by atoms with Crippen LogP contribution in [-0.4, -0.2) is 35.1 Å². The topological polar surface area (TPSA) is 69.9 Å². The van der Waals surface area contributed by atoms with Gasteiger partial charge in [-0.1, -0.05) is 162 Å². The summed E-state index contributed by atoms with van der Waals surface area (Å²) >= 11 is 0. The third-order valence-corrected chi connectivity index (χ3v) is 9.84. The molecule has 49 heavy (non-hydrogen) atoms. The van der Waals surface area contributed by atoms with Gasteiger partial charge >= 0.3 is 0 Å². The van der Waals surface area contributed by atoms with Crippen molar-refractivity contribution in [2.75, 3.05) is 19.8 Å². The molecule has 0 fully saturated rings. The van der Waals surface area contributed by atoms with Gasteiger partial charge in [-0.05, 0) is 66.7 Å². The first kappa shape index (κ1) is 38.4. The second kappa shape index (κ2) is 14.1.